The Balaban J connectivity index is 1.89. The Kier molecular flexibility index (Phi) is 4.93. The average Bonchev–Trinajstić information content (AvgIpc) is 2.42. The zero-order valence-electron chi connectivity index (χ0n) is 10.9. The predicted molar refractivity (Wildman–Crippen MR) is 85.6 cm³/mol. The summed E-state index contributed by atoms with van der Waals surface area (Å²) in [5.41, 5.74) is 3.00. The number of hydrogen-bond acceptors (Lipinski definition) is 1. The van der Waals surface area contributed by atoms with E-state index in [4.69, 9.17) is 23.8 Å². The molecular formula is C15H14ClFN2S. The fraction of sp³-hybridized carbons (Fsp3) is 0.133. The standard InChI is InChI=1S/C15H14ClFN2S/c1-10-2-4-11(5-3-10)9-18-15(20)19-12-6-7-14(17)13(16)8-12/h2-8H,9H2,1H3,(H2,18,19,20). The van der Waals surface area contributed by atoms with E-state index >= 15 is 0 Å². The van der Waals surface area contributed by atoms with Crippen LogP contribution < -0.4 is 10.6 Å². The van der Waals surface area contributed by atoms with Gasteiger partial charge < -0.3 is 10.6 Å². The molecule has 0 aliphatic heterocycles. The fourth-order valence-electron chi connectivity index (χ4n) is 1.64. The van der Waals surface area contributed by atoms with Gasteiger partial charge in [0.15, 0.2) is 5.11 Å². The van der Waals surface area contributed by atoms with Crippen molar-refractivity contribution in [2.24, 2.45) is 0 Å². The van der Waals surface area contributed by atoms with Crippen molar-refractivity contribution in [1.82, 2.24) is 5.32 Å². The van der Waals surface area contributed by atoms with Gasteiger partial charge in [0, 0.05) is 12.2 Å². The SMILES string of the molecule is Cc1ccc(CNC(=S)Nc2ccc(F)c(Cl)c2)cc1. The van der Waals surface area contributed by atoms with Gasteiger partial charge in [0.1, 0.15) is 5.82 Å². The number of rotatable bonds is 3. The zero-order valence-corrected chi connectivity index (χ0v) is 12.5. The molecule has 0 saturated heterocycles. The van der Waals surface area contributed by atoms with Crippen LogP contribution in [-0.2, 0) is 6.54 Å². The quantitative estimate of drug-likeness (QED) is 0.828. The monoisotopic (exact) mass is 308 g/mol. The first kappa shape index (κ1) is 14.8. The lowest BCUT2D eigenvalue weighted by Crippen LogP contribution is -2.27. The molecule has 104 valence electrons. The van der Waals surface area contributed by atoms with E-state index in [1.165, 1.54) is 17.7 Å². The molecule has 2 aromatic carbocycles. The molecule has 0 heterocycles. The summed E-state index contributed by atoms with van der Waals surface area (Å²) >= 11 is 10.9. The third-order valence-corrected chi connectivity index (χ3v) is 3.29. The summed E-state index contributed by atoms with van der Waals surface area (Å²) in [6, 6.07) is 12.6. The lowest BCUT2D eigenvalue weighted by atomic mass is 10.1. The number of nitrogens with one attached hydrogen (secondary N) is 2. The Labute approximate surface area is 128 Å². The van der Waals surface area contributed by atoms with Crippen molar-refractivity contribution < 1.29 is 4.39 Å². The van der Waals surface area contributed by atoms with E-state index in [2.05, 4.69) is 10.6 Å². The molecule has 0 radical (unpaired) electrons. The molecule has 2 rings (SSSR count). The first-order chi connectivity index (χ1) is 9.54. The van der Waals surface area contributed by atoms with Crippen molar-refractivity contribution in [2.45, 2.75) is 13.5 Å². The van der Waals surface area contributed by atoms with Gasteiger partial charge >= 0.3 is 0 Å². The van der Waals surface area contributed by atoms with Crippen molar-refractivity contribution in [1.29, 1.82) is 0 Å². The lowest BCUT2D eigenvalue weighted by Gasteiger charge is -2.11. The third-order valence-electron chi connectivity index (χ3n) is 2.75. The van der Waals surface area contributed by atoms with Crippen molar-refractivity contribution >= 4 is 34.6 Å². The van der Waals surface area contributed by atoms with Gasteiger partial charge in [-0.3, -0.25) is 0 Å². The summed E-state index contributed by atoms with van der Waals surface area (Å²) in [4.78, 5) is 0. The molecule has 0 aliphatic rings. The average molecular weight is 309 g/mol. The molecule has 2 N–H and O–H groups in total. The summed E-state index contributed by atoms with van der Waals surface area (Å²) in [7, 11) is 0. The molecular weight excluding hydrogens is 295 g/mol. The fourth-order valence-corrected chi connectivity index (χ4v) is 2.01. The van der Waals surface area contributed by atoms with E-state index in [0.717, 1.165) is 5.56 Å². The van der Waals surface area contributed by atoms with E-state index in [9.17, 15) is 4.39 Å². The van der Waals surface area contributed by atoms with Gasteiger partial charge in [-0.25, -0.2) is 4.39 Å². The van der Waals surface area contributed by atoms with Crippen LogP contribution in [-0.4, -0.2) is 5.11 Å². The number of halogens is 2. The lowest BCUT2D eigenvalue weighted by molar-refractivity contribution is 0.628. The van der Waals surface area contributed by atoms with E-state index in [1.807, 2.05) is 31.2 Å². The topological polar surface area (TPSA) is 24.1 Å². The van der Waals surface area contributed by atoms with Crippen LogP contribution in [0.4, 0.5) is 10.1 Å². The molecule has 2 aromatic rings. The second kappa shape index (κ2) is 6.68. The molecule has 0 aromatic heterocycles. The van der Waals surface area contributed by atoms with E-state index in [0.29, 0.717) is 17.3 Å². The highest BCUT2D eigenvalue weighted by molar-refractivity contribution is 7.80. The summed E-state index contributed by atoms with van der Waals surface area (Å²) in [6.45, 7) is 2.67. The van der Waals surface area contributed by atoms with Gasteiger partial charge in [0.05, 0.1) is 5.02 Å². The molecule has 0 aliphatic carbocycles. The van der Waals surface area contributed by atoms with Gasteiger partial charge in [0.2, 0.25) is 0 Å². The predicted octanol–water partition coefficient (Wildman–Crippen LogP) is 4.27. The number of aryl methyl sites for hydroxylation is 1. The van der Waals surface area contributed by atoms with Crippen LogP contribution in [0.15, 0.2) is 42.5 Å². The first-order valence-electron chi connectivity index (χ1n) is 6.10. The number of hydrogen-bond donors (Lipinski definition) is 2. The molecule has 0 unspecified atom stereocenters. The van der Waals surface area contributed by atoms with Crippen LogP contribution in [0.25, 0.3) is 0 Å². The maximum Gasteiger partial charge on any atom is 0.171 e. The Hall–Kier alpha value is -1.65. The number of anilines is 1. The van der Waals surface area contributed by atoms with Crippen LogP contribution in [0.2, 0.25) is 5.02 Å². The summed E-state index contributed by atoms with van der Waals surface area (Å²) in [6.07, 6.45) is 0. The summed E-state index contributed by atoms with van der Waals surface area (Å²) in [5.74, 6) is -0.448. The Bertz CT molecular complexity index is 614. The highest BCUT2D eigenvalue weighted by atomic mass is 35.5. The highest BCUT2D eigenvalue weighted by Crippen LogP contribution is 2.19. The van der Waals surface area contributed by atoms with Crippen LogP contribution >= 0.6 is 23.8 Å². The van der Waals surface area contributed by atoms with E-state index in [-0.39, 0.29) is 5.02 Å². The van der Waals surface area contributed by atoms with Gasteiger partial charge in [-0.1, -0.05) is 41.4 Å². The van der Waals surface area contributed by atoms with Gasteiger partial charge in [-0.2, -0.15) is 0 Å². The molecule has 0 atom stereocenters. The zero-order chi connectivity index (χ0) is 14.5. The van der Waals surface area contributed by atoms with E-state index < -0.39 is 5.82 Å². The molecule has 5 heteroatoms. The van der Waals surface area contributed by atoms with Crippen LogP contribution in [0, 0.1) is 12.7 Å². The summed E-state index contributed by atoms with van der Waals surface area (Å²) in [5, 5.41) is 6.58. The minimum absolute atomic E-state index is 0.0661. The normalized spacial score (nSPS) is 10.2. The minimum atomic E-state index is -0.448. The molecule has 0 amide bonds. The van der Waals surface area contributed by atoms with Crippen LogP contribution in [0.1, 0.15) is 11.1 Å². The molecule has 0 fully saturated rings. The van der Waals surface area contributed by atoms with Crippen LogP contribution in [0.5, 0.6) is 0 Å². The van der Waals surface area contributed by atoms with Gasteiger partial charge in [0.25, 0.3) is 0 Å². The maximum atomic E-state index is 13.0. The largest absolute Gasteiger partial charge is 0.358 e. The van der Waals surface area contributed by atoms with Crippen LogP contribution in [0.3, 0.4) is 0 Å². The van der Waals surface area contributed by atoms with E-state index in [1.54, 1.807) is 6.07 Å². The van der Waals surface area contributed by atoms with Crippen molar-refractivity contribution in [3.05, 3.63) is 64.4 Å². The van der Waals surface area contributed by atoms with Crippen molar-refractivity contribution in [3.63, 3.8) is 0 Å². The number of thiocarbonyl (C=S) groups is 1. The molecule has 0 saturated carbocycles. The van der Waals surface area contributed by atoms with Gasteiger partial charge in [-0.05, 0) is 42.9 Å². The molecule has 2 nitrogen and oxygen atoms in total. The smallest absolute Gasteiger partial charge is 0.171 e. The molecule has 0 spiro atoms. The Morgan fingerprint density at radius 3 is 2.55 bits per heavy atom. The highest BCUT2D eigenvalue weighted by Gasteiger charge is 2.02. The minimum Gasteiger partial charge on any atom is -0.358 e. The summed E-state index contributed by atoms with van der Waals surface area (Å²) < 4.78 is 13.0. The molecule has 20 heavy (non-hydrogen) atoms. The second-order valence-corrected chi connectivity index (χ2v) is 5.24. The maximum absolute atomic E-state index is 13.0. The first-order valence-corrected chi connectivity index (χ1v) is 6.88. The Morgan fingerprint density at radius 2 is 1.90 bits per heavy atom. The molecule has 0 bridgehead atoms. The van der Waals surface area contributed by atoms with Gasteiger partial charge in [-0.15, -0.1) is 0 Å². The third kappa shape index (κ3) is 4.18. The van der Waals surface area contributed by atoms with Crippen molar-refractivity contribution in [2.75, 3.05) is 5.32 Å². The second-order valence-electron chi connectivity index (χ2n) is 4.42. The Morgan fingerprint density at radius 1 is 1.20 bits per heavy atom. The number of benzene rings is 2. The van der Waals surface area contributed by atoms with Crippen molar-refractivity contribution in [3.8, 4) is 0 Å².